The Balaban J connectivity index is 0.000000146. The van der Waals surface area contributed by atoms with Crippen molar-refractivity contribution in [1.29, 1.82) is 0 Å². The first-order chi connectivity index (χ1) is 12.0. The molecule has 0 aromatic heterocycles. The first kappa shape index (κ1) is 17.3. The molecule has 0 unspecified atom stereocenters. The van der Waals surface area contributed by atoms with E-state index in [1.807, 2.05) is 44.2 Å². The van der Waals surface area contributed by atoms with Gasteiger partial charge in [0.05, 0.1) is 11.4 Å². The molecular weight excluding hydrogens is 388 g/mol. The largest absolute Gasteiger partial charge is 0.444 e. The van der Waals surface area contributed by atoms with Gasteiger partial charge in [-0.25, -0.2) is 9.59 Å². The number of nitrogens with one attached hydrogen (secondary N) is 2. The second kappa shape index (κ2) is 7.14. The Bertz CT molecular complexity index is 851. The summed E-state index contributed by atoms with van der Waals surface area (Å²) in [5, 5.41) is 5.29. The Morgan fingerprint density at radius 2 is 1.48 bits per heavy atom. The molecule has 0 saturated heterocycles. The summed E-state index contributed by atoms with van der Waals surface area (Å²) in [6.07, 6.45) is -0.748. The van der Waals surface area contributed by atoms with Crippen molar-refractivity contribution >= 4 is 39.5 Å². The molecule has 6 nitrogen and oxygen atoms in total. The zero-order valence-electron chi connectivity index (χ0n) is 13.8. The van der Waals surface area contributed by atoms with Crippen LogP contribution >= 0.6 is 15.9 Å². The van der Waals surface area contributed by atoms with Crippen LogP contribution in [0.4, 0.5) is 21.0 Å². The van der Waals surface area contributed by atoms with Crippen LogP contribution in [-0.2, 0) is 22.7 Å². The van der Waals surface area contributed by atoms with Gasteiger partial charge in [-0.05, 0) is 43.2 Å². The minimum Gasteiger partial charge on any atom is -0.444 e. The van der Waals surface area contributed by atoms with Gasteiger partial charge in [-0.15, -0.1) is 0 Å². The number of hydrogen-bond donors (Lipinski definition) is 2. The van der Waals surface area contributed by atoms with E-state index in [1.165, 1.54) is 0 Å². The fourth-order valence-electron chi connectivity index (χ4n) is 2.61. The van der Waals surface area contributed by atoms with Crippen molar-refractivity contribution in [3.63, 3.8) is 0 Å². The molecular formula is C18H17BrN2O4. The number of hydrogen-bond acceptors (Lipinski definition) is 4. The molecule has 2 N–H and O–H groups in total. The smallest absolute Gasteiger partial charge is 0.411 e. The second-order valence-electron chi connectivity index (χ2n) is 5.70. The highest BCUT2D eigenvalue weighted by atomic mass is 79.9. The van der Waals surface area contributed by atoms with Crippen LogP contribution < -0.4 is 10.6 Å². The van der Waals surface area contributed by atoms with Crippen LogP contribution in [0.25, 0.3) is 0 Å². The Kier molecular flexibility index (Phi) is 4.94. The number of anilines is 2. The molecule has 0 bridgehead atoms. The van der Waals surface area contributed by atoms with E-state index in [4.69, 9.17) is 9.47 Å². The number of cyclic esters (lactones) is 2. The minimum atomic E-state index is -0.380. The van der Waals surface area contributed by atoms with E-state index in [-0.39, 0.29) is 12.2 Å². The van der Waals surface area contributed by atoms with Crippen LogP contribution in [0.15, 0.2) is 34.8 Å². The lowest BCUT2D eigenvalue weighted by Crippen LogP contribution is -2.21. The molecule has 0 fully saturated rings. The Labute approximate surface area is 153 Å². The molecule has 2 aromatic rings. The molecule has 0 radical (unpaired) electrons. The molecule has 4 rings (SSSR count). The van der Waals surface area contributed by atoms with Crippen LogP contribution in [0.3, 0.4) is 0 Å². The van der Waals surface area contributed by atoms with Gasteiger partial charge in [-0.1, -0.05) is 28.1 Å². The number of benzene rings is 2. The van der Waals surface area contributed by atoms with Crippen molar-refractivity contribution in [2.45, 2.75) is 27.1 Å². The number of fused-ring (bicyclic) bond motifs is 2. The van der Waals surface area contributed by atoms with Crippen molar-refractivity contribution in [3.8, 4) is 0 Å². The van der Waals surface area contributed by atoms with Gasteiger partial charge in [0.1, 0.15) is 13.2 Å². The van der Waals surface area contributed by atoms with E-state index < -0.39 is 0 Å². The summed E-state index contributed by atoms with van der Waals surface area (Å²) in [5.41, 5.74) is 6.07. The third-order valence-electron chi connectivity index (χ3n) is 4.11. The van der Waals surface area contributed by atoms with Crippen molar-refractivity contribution in [3.05, 3.63) is 57.1 Å². The van der Waals surface area contributed by atoms with Crippen molar-refractivity contribution in [2.24, 2.45) is 0 Å². The lowest BCUT2D eigenvalue weighted by molar-refractivity contribution is 0.150. The third kappa shape index (κ3) is 3.76. The lowest BCUT2D eigenvalue weighted by atomic mass is 10.1. The zero-order chi connectivity index (χ0) is 18.0. The maximum atomic E-state index is 10.9. The van der Waals surface area contributed by atoms with Gasteiger partial charge in [0.2, 0.25) is 0 Å². The zero-order valence-corrected chi connectivity index (χ0v) is 15.4. The molecule has 0 aliphatic carbocycles. The van der Waals surface area contributed by atoms with E-state index >= 15 is 0 Å². The molecule has 7 heteroatoms. The quantitative estimate of drug-likeness (QED) is 0.655. The predicted molar refractivity (Wildman–Crippen MR) is 97.7 cm³/mol. The highest BCUT2D eigenvalue weighted by Crippen LogP contribution is 2.29. The number of carbonyl (C=O) groups is 2. The Morgan fingerprint density at radius 1 is 0.880 bits per heavy atom. The third-order valence-corrected chi connectivity index (χ3v) is 4.97. The summed E-state index contributed by atoms with van der Waals surface area (Å²) >= 11 is 3.42. The van der Waals surface area contributed by atoms with Gasteiger partial charge < -0.3 is 9.47 Å². The molecule has 2 heterocycles. The molecule has 2 aromatic carbocycles. The van der Waals surface area contributed by atoms with Gasteiger partial charge >= 0.3 is 12.2 Å². The first-order valence-corrected chi connectivity index (χ1v) is 8.49. The monoisotopic (exact) mass is 404 g/mol. The van der Waals surface area contributed by atoms with Crippen molar-refractivity contribution in [1.82, 2.24) is 0 Å². The van der Waals surface area contributed by atoms with Gasteiger partial charge in [-0.2, -0.15) is 0 Å². The summed E-state index contributed by atoms with van der Waals surface area (Å²) in [4.78, 5) is 21.7. The standard InChI is InChI=1S/C9H8BrNO2.C9H9NO2/c1-5-6-4-13-9(12)11-8(6)3-2-7(5)10;1-6-3-2-4-8-7(6)5-12-9(11)10-8/h2-3H,4H2,1H3,(H,11,12);2-4H,5H2,1H3,(H,10,11). The van der Waals surface area contributed by atoms with Crippen LogP contribution in [0.2, 0.25) is 0 Å². The van der Waals surface area contributed by atoms with Gasteiger partial charge in [-0.3, -0.25) is 10.6 Å². The van der Waals surface area contributed by atoms with Gasteiger partial charge in [0.25, 0.3) is 0 Å². The molecule has 2 aliphatic rings. The minimum absolute atomic E-state index is 0.354. The molecule has 130 valence electrons. The average Bonchev–Trinajstić information content (AvgIpc) is 2.59. The normalized spacial score (nSPS) is 14.5. The van der Waals surface area contributed by atoms with E-state index in [1.54, 1.807) is 0 Å². The van der Waals surface area contributed by atoms with Crippen LogP contribution in [-0.4, -0.2) is 12.2 Å². The summed E-state index contributed by atoms with van der Waals surface area (Å²) < 4.78 is 10.7. The SMILES string of the molecule is Cc1c(Br)ccc2c1COC(=O)N2.Cc1cccc2c1COC(=O)N2. The predicted octanol–water partition coefficient (Wildman–Crippen LogP) is 4.88. The maximum absolute atomic E-state index is 10.9. The second-order valence-corrected chi connectivity index (χ2v) is 6.56. The fraction of sp³-hybridized carbons (Fsp3) is 0.222. The van der Waals surface area contributed by atoms with Crippen molar-refractivity contribution < 1.29 is 19.1 Å². The van der Waals surface area contributed by atoms with E-state index in [9.17, 15) is 9.59 Å². The van der Waals surface area contributed by atoms with E-state index in [2.05, 4.69) is 26.6 Å². The molecule has 0 saturated carbocycles. The van der Waals surface area contributed by atoms with Crippen LogP contribution in [0.1, 0.15) is 22.3 Å². The number of ether oxygens (including phenoxy) is 2. The number of carbonyl (C=O) groups excluding carboxylic acids is 2. The highest BCUT2D eigenvalue weighted by molar-refractivity contribution is 9.10. The van der Waals surface area contributed by atoms with Gasteiger partial charge in [0.15, 0.2) is 0 Å². The Morgan fingerprint density at radius 3 is 2.16 bits per heavy atom. The molecule has 0 spiro atoms. The number of rotatable bonds is 0. The molecule has 25 heavy (non-hydrogen) atoms. The maximum Gasteiger partial charge on any atom is 0.411 e. The number of aryl methyl sites for hydroxylation is 1. The summed E-state index contributed by atoms with van der Waals surface area (Å²) in [7, 11) is 0. The van der Waals surface area contributed by atoms with Gasteiger partial charge in [0, 0.05) is 15.6 Å². The lowest BCUT2D eigenvalue weighted by Gasteiger charge is -2.19. The van der Waals surface area contributed by atoms with Crippen LogP contribution in [0, 0.1) is 13.8 Å². The summed E-state index contributed by atoms with van der Waals surface area (Å²) in [5.74, 6) is 0. The number of amides is 2. The summed E-state index contributed by atoms with van der Waals surface area (Å²) in [6, 6.07) is 9.58. The topological polar surface area (TPSA) is 76.7 Å². The molecule has 2 amide bonds. The van der Waals surface area contributed by atoms with Crippen molar-refractivity contribution in [2.75, 3.05) is 10.6 Å². The first-order valence-electron chi connectivity index (χ1n) is 7.69. The van der Waals surface area contributed by atoms with E-state index in [0.717, 1.165) is 38.1 Å². The van der Waals surface area contributed by atoms with E-state index in [0.29, 0.717) is 13.2 Å². The van der Waals surface area contributed by atoms with Crippen LogP contribution in [0.5, 0.6) is 0 Å². The fourth-order valence-corrected chi connectivity index (χ4v) is 2.98. The highest BCUT2D eigenvalue weighted by Gasteiger charge is 2.18. The number of halogens is 1. The Hall–Kier alpha value is -2.54. The summed E-state index contributed by atoms with van der Waals surface area (Å²) in [6.45, 7) is 4.73. The molecule has 2 aliphatic heterocycles. The average molecular weight is 405 g/mol. The molecule has 0 atom stereocenters.